The first-order valence-corrected chi connectivity index (χ1v) is 8.36. The molecule has 25 heavy (non-hydrogen) atoms. The van der Waals surface area contributed by atoms with Crippen molar-refractivity contribution in [1.82, 2.24) is 15.1 Å². The number of carbonyl (C=O) groups is 2. The summed E-state index contributed by atoms with van der Waals surface area (Å²) in [6.07, 6.45) is 3.02. The average Bonchev–Trinajstić information content (AvgIpc) is 3.03. The summed E-state index contributed by atoms with van der Waals surface area (Å²) in [6.45, 7) is 9.04. The number of halogens is 1. The molecule has 0 saturated heterocycles. The summed E-state index contributed by atoms with van der Waals surface area (Å²) in [5, 5.41) is 8.08. The largest absolute Gasteiger partial charge is 0.444 e. The van der Waals surface area contributed by atoms with E-state index in [1.165, 1.54) is 4.68 Å². The Hall–Kier alpha value is -2.34. The molecule has 0 radical (unpaired) electrons. The highest BCUT2D eigenvalue weighted by molar-refractivity contribution is 6.35. The van der Waals surface area contributed by atoms with E-state index < -0.39 is 17.2 Å². The van der Waals surface area contributed by atoms with Gasteiger partial charge < -0.3 is 10.1 Å². The molecular weight excluding hydrogens is 342 g/mol. The summed E-state index contributed by atoms with van der Waals surface area (Å²) in [4.78, 5) is 25.3. The fraction of sp³-hybridized carbons (Fsp3) is 0.389. The molecule has 1 aromatic carbocycles. The molecule has 132 valence electrons. The van der Waals surface area contributed by atoms with Gasteiger partial charge in [0.2, 0.25) is 0 Å². The molecule has 3 rings (SSSR count). The molecule has 1 N–H and O–H groups in total. The standard InChI is InChI=1S/C18H20ClN3O3/c1-5-11-9-18(11,21-16(24)25-17(2,3)4)15(23)22-14-8-6-7-13(19)12(14)10-20-22/h5-8,10-11H,1,9H2,2-4H3,(H,21,24)/t11-,18-/m0/s1. The predicted octanol–water partition coefficient (Wildman–Crippen LogP) is 3.80. The number of ether oxygens (including phenoxy) is 1. The van der Waals surface area contributed by atoms with Crippen LogP contribution in [-0.2, 0) is 4.74 Å². The zero-order valence-electron chi connectivity index (χ0n) is 14.4. The van der Waals surface area contributed by atoms with E-state index in [0.717, 1.165) is 0 Å². The van der Waals surface area contributed by atoms with Crippen LogP contribution in [0.4, 0.5) is 4.79 Å². The molecule has 0 aliphatic heterocycles. The Bertz CT molecular complexity index is 868. The number of benzene rings is 1. The van der Waals surface area contributed by atoms with Gasteiger partial charge in [-0.05, 0) is 39.3 Å². The first kappa shape index (κ1) is 17.5. The number of fused-ring (bicyclic) bond motifs is 1. The Labute approximate surface area is 150 Å². The maximum absolute atomic E-state index is 13.1. The minimum atomic E-state index is -1.09. The normalized spacial score (nSPS) is 22.5. The number of nitrogens with zero attached hydrogens (tertiary/aromatic N) is 2. The number of carbonyl (C=O) groups excluding carboxylic acids is 2. The topological polar surface area (TPSA) is 73.2 Å². The fourth-order valence-electron chi connectivity index (χ4n) is 2.87. The molecule has 1 aromatic heterocycles. The Morgan fingerprint density at radius 2 is 2.20 bits per heavy atom. The summed E-state index contributed by atoms with van der Waals surface area (Å²) < 4.78 is 6.57. The Balaban J connectivity index is 1.93. The molecule has 1 aliphatic carbocycles. The second kappa shape index (κ2) is 5.88. The molecule has 6 nitrogen and oxygen atoms in total. The van der Waals surface area contributed by atoms with Crippen LogP contribution in [0.15, 0.2) is 37.1 Å². The summed E-state index contributed by atoms with van der Waals surface area (Å²) in [7, 11) is 0. The Kier molecular flexibility index (Phi) is 4.11. The van der Waals surface area contributed by atoms with Crippen molar-refractivity contribution >= 4 is 34.5 Å². The van der Waals surface area contributed by atoms with E-state index in [9.17, 15) is 9.59 Å². The number of alkyl carbamates (subject to hydrolysis) is 1. The molecule has 2 aromatic rings. The van der Waals surface area contributed by atoms with Gasteiger partial charge in [0.05, 0.1) is 16.7 Å². The SMILES string of the molecule is C=C[C@H]1C[C@@]1(NC(=O)OC(C)(C)C)C(=O)n1ncc2c(Cl)cccc21. The number of hydrogen-bond acceptors (Lipinski definition) is 4. The highest BCUT2D eigenvalue weighted by atomic mass is 35.5. The maximum atomic E-state index is 13.1. The van der Waals surface area contributed by atoms with Crippen LogP contribution in [0.3, 0.4) is 0 Å². The summed E-state index contributed by atoms with van der Waals surface area (Å²) in [6, 6.07) is 5.25. The zero-order valence-corrected chi connectivity index (χ0v) is 15.1. The van der Waals surface area contributed by atoms with Crippen molar-refractivity contribution < 1.29 is 14.3 Å². The van der Waals surface area contributed by atoms with E-state index in [-0.39, 0.29) is 11.8 Å². The monoisotopic (exact) mass is 361 g/mol. The predicted molar refractivity (Wildman–Crippen MR) is 95.8 cm³/mol. The molecule has 1 amide bonds. The fourth-order valence-corrected chi connectivity index (χ4v) is 3.09. The number of amides is 1. The van der Waals surface area contributed by atoms with E-state index in [1.54, 1.807) is 51.2 Å². The van der Waals surface area contributed by atoms with Gasteiger partial charge in [-0.1, -0.05) is 23.7 Å². The van der Waals surface area contributed by atoms with Crippen molar-refractivity contribution in [3.63, 3.8) is 0 Å². The van der Waals surface area contributed by atoms with Gasteiger partial charge in [-0.15, -0.1) is 6.58 Å². The minimum Gasteiger partial charge on any atom is -0.444 e. The first-order valence-electron chi connectivity index (χ1n) is 7.99. The number of rotatable bonds is 3. The molecule has 1 saturated carbocycles. The van der Waals surface area contributed by atoms with Crippen molar-refractivity contribution in [2.45, 2.75) is 38.3 Å². The van der Waals surface area contributed by atoms with Gasteiger partial charge in [-0.25, -0.2) is 4.79 Å². The van der Waals surface area contributed by atoms with Gasteiger partial charge in [0, 0.05) is 11.3 Å². The second-order valence-corrected chi connectivity index (χ2v) is 7.59. The lowest BCUT2D eigenvalue weighted by Crippen LogP contribution is -2.49. The van der Waals surface area contributed by atoms with Crippen LogP contribution < -0.4 is 5.32 Å². The van der Waals surface area contributed by atoms with Gasteiger partial charge in [-0.2, -0.15) is 9.78 Å². The highest BCUT2D eigenvalue weighted by Gasteiger charge is 2.61. The number of hydrogen-bond donors (Lipinski definition) is 1. The van der Waals surface area contributed by atoms with Gasteiger partial charge in [0.25, 0.3) is 5.91 Å². The Morgan fingerprint density at radius 3 is 2.80 bits per heavy atom. The molecule has 1 aliphatic rings. The van der Waals surface area contributed by atoms with Crippen LogP contribution in [0.2, 0.25) is 5.02 Å². The molecule has 1 fully saturated rings. The highest BCUT2D eigenvalue weighted by Crippen LogP contribution is 2.46. The number of nitrogens with one attached hydrogen (secondary N) is 1. The third kappa shape index (κ3) is 3.14. The van der Waals surface area contributed by atoms with Crippen LogP contribution in [0.25, 0.3) is 10.9 Å². The van der Waals surface area contributed by atoms with Crippen molar-refractivity contribution in [3.8, 4) is 0 Å². The van der Waals surface area contributed by atoms with Crippen molar-refractivity contribution in [2.24, 2.45) is 5.92 Å². The smallest absolute Gasteiger partial charge is 0.408 e. The summed E-state index contributed by atoms with van der Waals surface area (Å²) >= 11 is 6.15. The molecule has 7 heteroatoms. The summed E-state index contributed by atoms with van der Waals surface area (Å²) in [5.74, 6) is -0.508. The van der Waals surface area contributed by atoms with Gasteiger partial charge in [-0.3, -0.25) is 4.79 Å². The number of aromatic nitrogens is 2. The third-order valence-electron chi connectivity index (χ3n) is 4.16. The van der Waals surface area contributed by atoms with E-state index in [1.807, 2.05) is 0 Å². The lowest BCUT2D eigenvalue weighted by Gasteiger charge is -2.23. The van der Waals surface area contributed by atoms with Crippen LogP contribution in [-0.4, -0.2) is 32.9 Å². The van der Waals surface area contributed by atoms with Crippen LogP contribution in [0.5, 0.6) is 0 Å². The lowest BCUT2D eigenvalue weighted by molar-refractivity contribution is 0.0465. The van der Waals surface area contributed by atoms with E-state index >= 15 is 0 Å². The quantitative estimate of drug-likeness (QED) is 0.844. The van der Waals surface area contributed by atoms with Crippen molar-refractivity contribution in [2.75, 3.05) is 0 Å². The van der Waals surface area contributed by atoms with Gasteiger partial charge in [0.15, 0.2) is 0 Å². The minimum absolute atomic E-state index is 0.175. The molecule has 0 bridgehead atoms. The lowest BCUT2D eigenvalue weighted by atomic mass is 10.1. The van der Waals surface area contributed by atoms with Crippen molar-refractivity contribution in [3.05, 3.63) is 42.1 Å². The van der Waals surface area contributed by atoms with E-state index in [0.29, 0.717) is 22.3 Å². The maximum Gasteiger partial charge on any atom is 0.408 e. The molecule has 0 unspecified atom stereocenters. The third-order valence-corrected chi connectivity index (χ3v) is 4.49. The van der Waals surface area contributed by atoms with Crippen LogP contribution in [0.1, 0.15) is 32.0 Å². The summed E-state index contributed by atoms with van der Waals surface area (Å²) in [5.41, 5.74) is -1.15. The van der Waals surface area contributed by atoms with E-state index in [2.05, 4.69) is 17.0 Å². The van der Waals surface area contributed by atoms with Gasteiger partial charge >= 0.3 is 6.09 Å². The van der Waals surface area contributed by atoms with Crippen LogP contribution in [0, 0.1) is 5.92 Å². The Morgan fingerprint density at radius 1 is 1.48 bits per heavy atom. The molecule has 0 spiro atoms. The zero-order chi connectivity index (χ0) is 18.4. The second-order valence-electron chi connectivity index (χ2n) is 7.18. The average molecular weight is 362 g/mol. The molecular formula is C18H20ClN3O3. The first-order chi connectivity index (χ1) is 11.7. The van der Waals surface area contributed by atoms with Gasteiger partial charge in [0.1, 0.15) is 11.1 Å². The van der Waals surface area contributed by atoms with Crippen molar-refractivity contribution in [1.29, 1.82) is 0 Å². The van der Waals surface area contributed by atoms with Crippen LogP contribution >= 0.6 is 11.6 Å². The molecule has 1 heterocycles. The van der Waals surface area contributed by atoms with E-state index in [4.69, 9.17) is 16.3 Å². The molecule has 2 atom stereocenters.